The maximum Gasteiger partial charge on any atom is 0.123 e. The minimum absolute atomic E-state index is 0.137. The topological polar surface area (TPSA) is 12.0 Å². The molecule has 0 radical (unpaired) electrons. The smallest absolute Gasteiger partial charge is 0.123 e. The number of hydrogen-bond acceptors (Lipinski definition) is 1. The molecule has 1 nitrogen and oxygen atoms in total. The molecule has 98 valence electrons. The summed E-state index contributed by atoms with van der Waals surface area (Å²) >= 11 is 0. The van der Waals surface area contributed by atoms with Gasteiger partial charge in [-0.2, -0.15) is 0 Å². The van der Waals surface area contributed by atoms with Crippen LogP contribution in [0.15, 0.2) is 24.3 Å². The van der Waals surface area contributed by atoms with Crippen LogP contribution in [0.5, 0.6) is 0 Å². The van der Waals surface area contributed by atoms with Gasteiger partial charge in [-0.25, -0.2) is 4.39 Å². The standard InChI is InChI=1S/C16H22FN/c1-2-18-15(16-13-4-3-5-14(13)16)10-11-6-8-12(17)9-7-11/h6-9,13-16,18H,2-5,10H2,1H3. The zero-order valence-electron chi connectivity index (χ0n) is 11.0. The Morgan fingerprint density at radius 1 is 1.22 bits per heavy atom. The maximum atomic E-state index is 12.9. The molecule has 2 fully saturated rings. The summed E-state index contributed by atoms with van der Waals surface area (Å²) in [6.45, 7) is 3.21. The van der Waals surface area contributed by atoms with E-state index >= 15 is 0 Å². The summed E-state index contributed by atoms with van der Waals surface area (Å²) in [6, 6.07) is 7.60. The van der Waals surface area contributed by atoms with Gasteiger partial charge in [0.15, 0.2) is 0 Å². The van der Waals surface area contributed by atoms with Gasteiger partial charge in [-0.05, 0) is 61.3 Å². The van der Waals surface area contributed by atoms with E-state index in [1.54, 1.807) is 12.1 Å². The molecule has 2 aliphatic carbocycles. The molecular weight excluding hydrogens is 225 g/mol. The fourth-order valence-electron chi connectivity index (χ4n) is 3.95. The first-order valence-corrected chi connectivity index (χ1v) is 7.27. The Labute approximate surface area is 109 Å². The number of fused-ring (bicyclic) bond motifs is 1. The highest BCUT2D eigenvalue weighted by Crippen LogP contribution is 2.59. The van der Waals surface area contributed by atoms with Crippen molar-refractivity contribution in [1.82, 2.24) is 5.32 Å². The van der Waals surface area contributed by atoms with E-state index in [4.69, 9.17) is 0 Å². The highest BCUT2D eigenvalue weighted by atomic mass is 19.1. The molecule has 2 heteroatoms. The van der Waals surface area contributed by atoms with Gasteiger partial charge in [0.25, 0.3) is 0 Å². The summed E-state index contributed by atoms with van der Waals surface area (Å²) in [4.78, 5) is 0. The minimum atomic E-state index is -0.137. The molecule has 1 aromatic rings. The molecule has 0 amide bonds. The van der Waals surface area contributed by atoms with E-state index in [0.29, 0.717) is 6.04 Å². The third-order valence-corrected chi connectivity index (χ3v) is 4.77. The van der Waals surface area contributed by atoms with Crippen LogP contribution in [0.1, 0.15) is 31.7 Å². The van der Waals surface area contributed by atoms with Gasteiger partial charge in [0.1, 0.15) is 5.82 Å². The van der Waals surface area contributed by atoms with Crippen LogP contribution in [0.25, 0.3) is 0 Å². The van der Waals surface area contributed by atoms with E-state index in [2.05, 4.69) is 12.2 Å². The average molecular weight is 247 g/mol. The zero-order valence-corrected chi connectivity index (χ0v) is 11.0. The summed E-state index contributed by atoms with van der Waals surface area (Å²) in [5.74, 6) is 2.70. The molecule has 3 atom stereocenters. The number of nitrogens with one attached hydrogen (secondary N) is 1. The van der Waals surface area contributed by atoms with Crippen molar-refractivity contribution in [1.29, 1.82) is 0 Å². The lowest BCUT2D eigenvalue weighted by Crippen LogP contribution is -2.34. The van der Waals surface area contributed by atoms with E-state index in [1.165, 1.54) is 24.8 Å². The van der Waals surface area contributed by atoms with Gasteiger partial charge in [0, 0.05) is 6.04 Å². The Balaban J connectivity index is 1.65. The number of halogens is 1. The highest BCUT2D eigenvalue weighted by Gasteiger charge is 2.55. The van der Waals surface area contributed by atoms with Crippen LogP contribution in [0.2, 0.25) is 0 Å². The van der Waals surface area contributed by atoms with Crippen molar-refractivity contribution in [3.8, 4) is 0 Å². The van der Waals surface area contributed by atoms with Crippen molar-refractivity contribution in [2.75, 3.05) is 6.54 Å². The lowest BCUT2D eigenvalue weighted by Gasteiger charge is -2.20. The second kappa shape index (κ2) is 5.00. The summed E-state index contributed by atoms with van der Waals surface area (Å²) in [6.07, 6.45) is 5.34. The molecular formula is C16H22FN. The predicted molar refractivity (Wildman–Crippen MR) is 71.9 cm³/mol. The average Bonchev–Trinajstić information content (AvgIpc) is 2.84. The van der Waals surface area contributed by atoms with Crippen LogP contribution < -0.4 is 5.32 Å². The van der Waals surface area contributed by atoms with E-state index < -0.39 is 0 Å². The van der Waals surface area contributed by atoms with E-state index in [-0.39, 0.29) is 5.82 Å². The molecule has 1 N–H and O–H groups in total. The van der Waals surface area contributed by atoms with Crippen LogP contribution in [0.4, 0.5) is 4.39 Å². The van der Waals surface area contributed by atoms with Crippen molar-refractivity contribution < 1.29 is 4.39 Å². The lowest BCUT2D eigenvalue weighted by atomic mass is 9.97. The fourth-order valence-corrected chi connectivity index (χ4v) is 3.95. The Morgan fingerprint density at radius 2 is 1.89 bits per heavy atom. The number of benzene rings is 1. The van der Waals surface area contributed by atoms with Crippen LogP contribution >= 0.6 is 0 Å². The molecule has 0 spiro atoms. The van der Waals surface area contributed by atoms with Crippen molar-refractivity contribution in [2.24, 2.45) is 17.8 Å². The summed E-state index contributed by atoms with van der Waals surface area (Å²) < 4.78 is 12.9. The molecule has 0 saturated heterocycles. The van der Waals surface area contributed by atoms with Crippen molar-refractivity contribution >= 4 is 0 Å². The van der Waals surface area contributed by atoms with Gasteiger partial charge in [0.2, 0.25) is 0 Å². The van der Waals surface area contributed by atoms with Crippen LogP contribution in [-0.2, 0) is 6.42 Å². The molecule has 0 bridgehead atoms. The summed E-state index contributed by atoms with van der Waals surface area (Å²) in [5.41, 5.74) is 1.26. The van der Waals surface area contributed by atoms with Crippen LogP contribution in [0, 0.1) is 23.6 Å². The first-order chi connectivity index (χ1) is 8.79. The third kappa shape index (κ3) is 2.31. The molecule has 1 aromatic carbocycles. The van der Waals surface area contributed by atoms with Crippen LogP contribution in [-0.4, -0.2) is 12.6 Å². The largest absolute Gasteiger partial charge is 0.314 e. The Bertz CT molecular complexity index is 390. The molecule has 2 aliphatic rings. The molecule has 18 heavy (non-hydrogen) atoms. The van der Waals surface area contributed by atoms with E-state index in [1.807, 2.05) is 12.1 Å². The van der Waals surface area contributed by atoms with Crippen molar-refractivity contribution in [2.45, 2.75) is 38.6 Å². The number of rotatable bonds is 5. The van der Waals surface area contributed by atoms with E-state index in [0.717, 1.165) is 30.7 Å². The molecule has 0 aromatic heterocycles. The van der Waals surface area contributed by atoms with Gasteiger partial charge in [-0.3, -0.25) is 0 Å². The quantitative estimate of drug-likeness (QED) is 0.841. The van der Waals surface area contributed by atoms with E-state index in [9.17, 15) is 4.39 Å². The van der Waals surface area contributed by atoms with Crippen LogP contribution in [0.3, 0.4) is 0 Å². The Morgan fingerprint density at radius 3 is 2.50 bits per heavy atom. The van der Waals surface area contributed by atoms with Gasteiger partial charge >= 0.3 is 0 Å². The molecule has 3 unspecified atom stereocenters. The van der Waals surface area contributed by atoms with Gasteiger partial charge < -0.3 is 5.32 Å². The first-order valence-electron chi connectivity index (χ1n) is 7.27. The normalized spacial score (nSPS) is 31.1. The van der Waals surface area contributed by atoms with Gasteiger partial charge in [0.05, 0.1) is 0 Å². The number of likely N-dealkylation sites (N-methyl/N-ethyl adjacent to an activating group) is 1. The highest BCUT2D eigenvalue weighted by molar-refractivity contribution is 5.19. The van der Waals surface area contributed by atoms with Gasteiger partial charge in [-0.1, -0.05) is 25.5 Å². The predicted octanol–water partition coefficient (Wildman–Crippen LogP) is 3.39. The maximum absolute atomic E-state index is 12.9. The molecule has 2 saturated carbocycles. The first kappa shape index (κ1) is 12.2. The molecule has 3 rings (SSSR count). The summed E-state index contributed by atoms with van der Waals surface area (Å²) in [5, 5.41) is 3.64. The lowest BCUT2D eigenvalue weighted by molar-refractivity contribution is 0.410. The van der Waals surface area contributed by atoms with Crippen molar-refractivity contribution in [3.63, 3.8) is 0 Å². The Kier molecular flexibility index (Phi) is 3.38. The monoisotopic (exact) mass is 247 g/mol. The second-order valence-corrected chi connectivity index (χ2v) is 5.83. The molecule has 0 aliphatic heterocycles. The summed E-state index contributed by atoms with van der Waals surface area (Å²) in [7, 11) is 0. The number of hydrogen-bond donors (Lipinski definition) is 1. The minimum Gasteiger partial charge on any atom is -0.314 e. The third-order valence-electron chi connectivity index (χ3n) is 4.77. The zero-order chi connectivity index (χ0) is 12.5. The van der Waals surface area contributed by atoms with Gasteiger partial charge in [-0.15, -0.1) is 0 Å². The Hall–Kier alpha value is -0.890. The SMILES string of the molecule is CCNC(Cc1ccc(F)cc1)C1C2CCCC21. The van der Waals surface area contributed by atoms with Crippen molar-refractivity contribution in [3.05, 3.63) is 35.6 Å². The fraction of sp³-hybridized carbons (Fsp3) is 0.625. The molecule has 0 heterocycles. The second-order valence-electron chi connectivity index (χ2n) is 5.83.